The number of carboxylic acid groups (broad SMARTS) is 1. The number of hydrogen-bond acceptors (Lipinski definition) is 3. The van der Waals surface area contributed by atoms with E-state index >= 15 is 0 Å². The van der Waals surface area contributed by atoms with Gasteiger partial charge >= 0.3 is 5.97 Å². The third-order valence-electron chi connectivity index (χ3n) is 2.37. The van der Waals surface area contributed by atoms with E-state index in [0.717, 1.165) is 5.01 Å². The zero-order valence-corrected chi connectivity index (χ0v) is 10.1. The molecule has 0 aliphatic heterocycles. The molecule has 0 aliphatic carbocycles. The van der Waals surface area contributed by atoms with Gasteiger partial charge in [0.05, 0.1) is 10.8 Å². The van der Waals surface area contributed by atoms with Gasteiger partial charge in [0.2, 0.25) is 0 Å². The van der Waals surface area contributed by atoms with Crippen LogP contribution in [0.2, 0.25) is 0 Å². The summed E-state index contributed by atoms with van der Waals surface area (Å²) in [4.78, 5) is 22.2. The molecule has 0 saturated heterocycles. The second-order valence-corrected chi connectivity index (χ2v) is 4.75. The second kappa shape index (κ2) is 4.95. The molecule has 5 nitrogen and oxygen atoms in total. The number of rotatable bonds is 4. The first-order valence-electron chi connectivity index (χ1n) is 5.28. The van der Waals surface area contributed by atoms with Gasteiger partial charge in [-0.25, -0.2) is 9.80 Å². The van der Waals surface area contributed by atoms with Crippen LogP contribution in [0.3, 0.4) is 0 Å². The fraction of sp³-hybridized carbons (Fsp3) is 0.417. The maximum Gasteiger partial charge on any atom is 0.332 e. The number of aliphatic carboxylic acids is 1. The summed E-state index contributed by atoms with van der Waals surface area (Å²) in [5, 5.41) is 13.2. The first-order valence-corrected chi connectivity index (χ1v) is 5.28. The van der Waals surface area contributed by atoms with Gasteiger partial charge in [-0.3, -0.25) is 0 Å². The smallest absolute Gasteiger partial charge is 0.332 e. The Morgan fingerprint density at radius 2 is 1.82 bits per heavy atom. The van der Waals surface area contributed by atoms with Crippen molar-refractivity contribution in [2.45, 2.75) is 32.4 Å². The molecular formula is C12H16N2O3. The second-order valence-electron chi connectivity index (χ2n) is 4.75. The number of carboxylic acids is 1. The number of carbonyl (C=O) groups is 1. The van der Waals surface area contributed by atoms with Crippen molar-refractivity contribution in [2.24, 2.45) is 5.29 Å². The molecule has 1 atom stereocenters. The first-order chi connectivity index (χ1) is 7.88. The highest BCUT2D eigenvalue weighted by atomic mass is 16.4. The number of nitroso groups, excluding NO2 is 1. The monoisotopic (exact) mass is 236 g/mol. The lowest BCUT2D eigenvalue weighted by Crippen LogP contribution is -2.42. The normalized spacial score (nSPS) is 12.9. The third-order valence-corrected chi connectivity index (χ3v) is 2.37. The van der Waals surface area contributed by atoms with Crippen molar-refractivity contribution < 1.29 is 9.90 Å². The molecule has 0 amide bonds. The van der Waals surface area contributed by atoms with Crippen molar-refractivity contribution in [3.8, 4) is 0 Å². The predicted molar refractivity (Wildman–Crippen MR) is 64.2 cm³/mol. The summed E-state index contributed by atoms with van der Waals surface area (Å²) in [6.45, 7) is 5.23. The molecule has 92 valence electrons. The Morgan fingerprint density at radius 1 is 1.29 bits per heavy atom. The van der Waals surface area contributed by atoms with Crippen LogP contribution in [-0.2, 0) is 4.79 Å². The van der Waals surface area contributed by atoms with Crippen molar-refractivity contribution in [3.63, 3.8) is 0 Å². The minimum absolute atomic E-state index is 0.537. The zero-order valence-electron chi connectivity index (χ0n) is 10.1. The molecule has 1 aromatic rings. The van der Waals surface area contributed by atoms with Crippen LogP contribution in [0.4, 0.5) is 0 Å². The van der Waals surface area contributed by atoms with E-state index < -0.39 is 17.6 Å². The van der Waals surface area contributed by atoms with E-state index in [-0.39, 0.29) is 0 Å². The molecule has 0 spiro atoms. The Hall–Kier alpha value is -1.91. The molecule has 0 aromatic heterocycles. The molecule has 0 heterocycles. The molecule has 5 heteroatoms. The maximum absolute atomic E-state index is 11.3. The van der Waals surface area contributed by atoms with Gasteiger partial charge in [-0.15, -0.1) is 4.91 Å². The average Bonchev–Trinajstić information content (AvgIpc) is 2.24. The summed E-state index contributed by atoms with van der Waals surface area (Å²) in [5.41, 5.74) is -0.116. The van der Waals surface area contributed by atoms with Crippen molar-refractivity contribution in [3.05, 3.63) is 40.8 Å². The van der Waals surface area contributed by atoms with Crippen molar-refractivity contribution >= 4 is 5.97 Å². The van der Waals surface area contributed by atoms with Crippen LogP contribution in [0.15, 0.2) is 35.6 Å². The topological polar surface area (TPSA) is 70.0 Å². The van der Waals surface area contributed by atoms with Crippen molar-refractivity contribution in [1.82, 2.24) is 5.01 Å². The lowest BCUT2D eigenvalue weighted by atomic mass is 10.0. The Balaban J connectivity index is 3.18. The largest absolute Gasteiger partial charge is 0.479 e. The quantitative estimate of drug-likeness (QED) is 0.644. The van der Waals surface area contributed by atoms with E-state index in [1.54, 1.807) is 51.1 Å². The molecule has 0 fully saturated rings. The lowest BCUT2D eigenvalue weighted by molar-refractivity contribution is -0.146. The molecule has 0 radical (unpaired) electrons. The molecule has 1 aromatic carbocycles. The van der Waals surface area contributed by atoms with E-state index in [2.05, 4.69) is 5.29 Å². The summed E-state index contributed by atoms with van der Waals surface area (Å²) >= 11 is 0. The van der Waals surface area contributed by atoms with Crippen LogP contribution in [0.25, 0.3) is 0 Å². The molecule has 1 rings (SSSR count). The predicted octanol–water partition coefficient (Wildman–Crippen LogP) is 2.59. The van der Waals surface area contributed by atoms with Gasteiger partial charge in [0.25, 0.3) is 0 Å². The summed E-state index contributed by atoms with van der Waals surface area (Å²) in [6, 6.07) is 7.53. The van der Waals surface area contributed by atoms with Crippen LogP contribution in [0.1, 0.15) is 32.4 Å². The molecule has 0 saturated carbocycles. The van der Waals surface area contributed by atoms with Gasteiger partial charge in [0.1, 0.15) is 0 Å². The highest BCUT2D eigenvalue weighted by Gasteiger charge is 2.35. The minimum Gasteiger partial charge on any atom is -0.479 e. The Labute approximate surface area is 100 Å². The average molecular weight is 236 g/mol. The minimum atomic E-state index is -1.09. The van der Waals surface area contributed by atoms with Gasteiger partial charge in [-0.05, 0) is 26.3 Å². The van der Waals surface area contributed by atoms with E-state index in [9.17, 15) is 14.8 Å². The van der Waals surface area contributed by atoms with Crippen molar-refractivity contribution in [1.29, 1.82) is 0 Å². The van der Waals surface area contributed by atoms with Crippen LogP contribution < -0.4 is 0 Å². The van der Waals surface area contributed by atoms with Crippen molar-refractivity contribution in [2.75, 3.05) is 0 Å². The summed E-state index contributed by atoms with van der Waals surface area (Å²) in [7, 11) is 0. The van der Waals surface area contributed by atoms with Gasteiger partial charge in [0, 0.05) is 0 Å². The standard InChI is InChI=1S/C12H16N2O3/c1-12(2,3)14(13-17)10(11(15)16)9-7-5-4-6-8-9/h4-8,10H,1-3H3,(H,15,16)/t10-/m0/s1. The first kappa shape index (κ1) is 13.2. The summed E-state index contributed by atoms with van der Waals surface area (Å²) < 4.78 is 0. The van der Waals surface area contributed by atoms with E-state index in [0.29, 0.717) is 5.56 Å². The Morgan fingerprint density at radius 3 is 2.18 bits per heavy atom. The van der Waals surface area contributed by atoms with E-state index in [1.807, 2.05) is 0 Å². The highest BCUT2D eigenvalue weighted by molar-refractivity contribution is 5.75. The number of hydrogen-bond donors (Lipinski definition) is 1. The maximum atomic E-state index is 11.3. The van der Waals surface area contributed by atoms with E-state index in [4.69, 9.17) is 0 Å². The van der Waals surface area contributed by atoms with Gasteiger partial charge in [0.15, 0.2) is 6.04 Å². The number of nitrogens with zero attached hydrogens (tertiary/aromatic N) is 2. The summed E-state index contributed by atoms with van der Waals surface area (Å²) in [6.07, 6.45) is 0. The van der Waals surface area contributed by atoms with Crippen LogP contribution in [0.5, 0.6) is 0 Å². The zero-order chi connectivity index (χ0) is 13.1. The molecule has 0 bridgehead atoms. The molecular weight excluding hydrogens is 220 g/mol. The van der Waals surface area contributed by atoms with Crippen LogP contribution in [-0.4, -0.2) is 21.6 Å². The van der Waals surface area contributed by atoms with Gasteiger partial charge in [-0.1, -0.05) is 30.3 Å². The molecule has 0 unspecified atom stereocenters. The number of benzene rings is 1. The molecule has 0 aliphatic rings. The van der Waals surface area contributed by atoms with E-state index in [1.165, 1.54) is 0 Å². The van der Waals surface area contributed by atoms with Crippen LogP contribution in [0, 0.1) is 4.91 Å². The fourth-order valence-electron chi connectivity index (χ4n) is 1.58. The lowest BCUT2D eigenvalue weighted by Gasteiger charge is -2.34. The summed E-state index contributed by atoms with van der Waals surface area (Å²) in [5.74, 6) is -1.09. The van der Waals surface area contributed by atoms with Crippen LogP contribution >= 0.6 is 0 Å². The van der Waals surface area contributed by atoms with Gasteiger partial charge < -0.3 is 5.11 Å². The SMILES string of the molecule is CC(C)(C)N(N=O)[C@H](C(=O)O)c1ccccc1. The van der Waals surface area contributed by atoms with Gasteiger partial charge in [-0.2, -0.15) is 0 Å². The third kappa shape index (κ3) is 3.03. The highest BCUT2D eigenvalue weighted by Crippen LogP contribution is 2.28. The Kier molecular flexibility index (Phi) is 3.83. The molecule has 1 N–H and O–H groups in total. The fourth-order valence-corrected chi connectivity index (χ4v) is 1.58. The Bertz CT molecular complexity index is 398. The molecule has 17 heavy (non-hydrogen) atoms.